The molecule has 5 atom stereocenters. The summed E-state index contributed by atoms with van der Waals surface area (Å²) in [5, 5.41) is 14.3. The number of aliphatic hydroxyl groups is 1. The summed E-state index contributed by atoms with van der Waals surface area (Å²) in [5.41, 5.74) is 2.61. The molecule has 0 aromatic carbocycles. The van der Waals surface area contributed by atoms with E-state index in [0.717, 1.165) is 31.7 Å². The predicted molar refractivity (Wildman–Crippen MR) is 73.6 cm³/mol. The number of aromatic nitrogens is 1. The maximum atomic E-state index is 10.6. The van der Waals surface area contributed by atoms with E-state index in [4.69, 9.17) is 0 Å². The molecule has 2 fully saturated rings. The molecule has 0 radical (unpaired) electrons. The molecule has 3 aliphatic rings. The second-order valence-corrected chi connectivity index (χ2v) is 6.79. The van der Waals surface area contributed by atoms with Crippen molar-refractivity contribution in [2.45, 2.75) is 44.2 Å². The van der Waals surface area contributed by atoms with E-state index in [-0.39, 0.29) is 11.6 Å². The molecule has 2 bridgehead atoms. The minimum absolute atomic E-state index is 0.0121. The van der Waals surface area contributed by atoms with Crippen LogP contribution in [0.2, 0.25) is 0 Å². The van der Waals surface area contributed by atoms with Crippen LogP contribution in [0.25, 0.3) is 0 Å². The minimum atomic E-state index is -0.146. The minimum Gasteiger partial charge on any atom is -0.393 e. The third-order valence-corrected chi connectivity index (χ3v) is 5.57. The van der Waals surface area contributed by atoms with Crippen LogP contribution in [-0.4, -0.2) is 22.7 Å². The first-order chi connectivity index (χ1) is 9.21. The van der Waals surface area contributed by atoms with Gasteiger partial charge >= 0.3 is 0 Å². The van der Waals surface area contributed by atoms with Gasteiger partial charge in [-0.25, -0.2) is 0 Å². The molecule has 1 aromatic heterocycles. The average molecular weight is 258 g/mol. The van der Waals surface area contributed by atoms with Gasteiger partial charge in [-0.1, -0.05) is 13.0 Å². The summed E-state index contributed by atoms with van der Waals surface area (Å²) < 4.78 is 0. The third-order valence-electron chi connectivity index (χ3n) is 5.57. The van der Waals surface area contributed by atoms with E-state index in [1.165, 1.54) is 17.7 Å². The standard InChI is InChI=1S/C16H22N2O/c1-10-7-11-8-13-12(3-2-5-17-13)16(9-10)15(11)14(19)4-6-18-16/h2-3,5,10-11,14-15,18-19H,4,6-9H2,1H3/t10-,11-,14-,15+,16-/m1/s1. The number of fused-ring (bicyclic) bond motifs is 1. The number of rotatable bonds is 0. The predicted octanol–water partition coefficient (Wildman–Crippen LogP) is 1.85. The van der Waals surface area contributed by atoms with E-state index in [1.807, 2.05) is 12.3 Å². The zero-order chi connectivity index (χ0) is 13.0. The van der Waals surface area contributed by atoms with Crippen LogP contribution in [0.5, 0.6) is 0 Å². The molecule has 2 aliphatic carbocycles. The van der Waals surface area contributed by atoms with Gasteiger partial charge in [0, 0.05) is 17.8 Å². The van der Waals surface area contributed by atoms with Gasteiger partial charge in [-0.3, -0.25) is 4.98 Å². The van der Waals surface area contributed by atoms with Gasteiger partial charge in [-0.05, 0) is 55.7 Å². The lowest BCUT2D eigenvalue weighted by molar-refractivity contribution is -0.0759. The van der Waals surface area contributed by atoms with E-state index >= 15 is 0 Å². The van der Waals surface area contributed by atoms with E-state index in [2.05, 4.69) is 23.3 Å². The van der Waals surface area contributed by atoms with Crippen molar-refractivity contribution in [2.75, 3.05) is 6.54 Å². The summed E-state index contributed by atoms with van der Waals surface area (Å²) in [7, 11) is 0. The molecule has 0 spiro atoms. The molecule has 3 heteroatoms. The molecule has 1 aromatic rings. The lowest BCUT2D eigenvalue weighted by atomic mass is 9.53. The fourth-order valence-corrected chi connectivity index (χ4v) is 5.14. The summed E-state index contributed by atoms with van der Waals surface area (Å²) in [6.45, 7) is 3.28. The highest BCUT2D eigenvalue weighted by Crippen LogP contribution is 2.55. The summed E-state index contributed by atoms with van der Waals surface area (Å²) in [4.78, 5) is 4.62. The van der Waals surface area contributed by atoms with Gasteiger partial charge in [-0.15, -0.1) is 0 Å². The first-order valence-electron chi connectivity index (χ1n) is 7.58. The van der Waals surface area contributed by atoms with Crippen LogP contribution in [0.1, 0.15) is 37.4 Å². The fraction of sp³-hybridized carbons (Fsp3) is 0.688. The zero-order valence-corrected chi connectivity index (χ0v) is 11.5. The van der Waals surface area contributed by atoms with Crippen LogP contribution in [0, 0.1) is 17.8 Å². The van der Waals surface area contributed by atoms with Crippen molar-refractivity contribution in [3.05, 3.63) is 29.6 Å². The molecular formula is C16H22N2O. The number of hydrogen-bond donors (Lipinski definition) is 2. The highest BCUT2D eigenvalue weighted by molar-refractivity contribution is 5.36. The normalized spacial score (nSPS) is 44.3. The van der Waals surface area contributed by atoms with Crippen LogP contribution < -0.4 is 5.32 Å². The van der Waals surface area contributed by atoms with E-state index < -0.39 is 0 Å². The van der Waals surface area contributed by atoms with Crippen molar-refractivity contribution in [2.24, 2.45) is 17.8 Å². The maximum Gasteiger partial charge on any atom is 0.0604 e. The highest BCUT2D eigenvalue weighted by Gasteiger charge is 2.56. The third kappa shape index (κ3) is 1.55. The molecular weight excluding hydrogens is 236 g/mol. The molecule has 102 valence electrons. The molecule has 2 heterocycles. The van der Waals surface area contributed by atoms with Gasteiger partial charge in [0.25, 0.3) is 0 Å². The van der Waals surface area contributed by atoms with Gasteiger partial charge in [0.2, 0.25) is 0 Å². The van der Waals surface area contributed by atoms with Crippen molar-refractivity contribution in [3.63, 3.8) is 0 Å². The van der Waals surface area contributed by atoms with E-state index in [0.29, 0.717) is 11.8 Å². The van der Waals surface area contributed by atoms with Crippen molar-refractivity contribution in [1.29, 1.82) is 0 Å². The summed E-state index contributed by atoms with van der Waals surface area (Å²) in [6, 6.07) is 4.28. The van der Waals surface area contributed by atoms with Gasteiger partial charge in [0.15, 0.2) is 0 Å². The van der Waals surface area contributed by atoms with E-state index in [9.17, 15) is 5.11 Å². The van der Waals surface area contributed by atoms with Crippen molar-refractivity contribution in [1.82, 2.24) is 10.3 Å². The molecule has 1 aliphatic heterocycles. The Labute approximate surface area is 114 Å². The quantitative estimate of drug-likeness (QED) is 0.746. The average Bonchev–Trinajstić information content (AvgIpc) is 2.38. The number of pyridine rings is 1. The summed E-state index contributed by atoms with van der Waals surface area (Å²) in [6.07, 6.45) is 6.09. The monoisotopic (exact) mass is 258 g/mol. The molecule has 0 amide bonds. The Balaban J connectivity index is 1.91. The Bertz CT molecular complexity index is 503. The summed E-state index contributed by atoms with van der Waals surface area (Å²) in [5.74, 6) is 1.70. The van der Waals surface area contributed by atoms with Crippen LogP contribution >= 0.6 is 0 Å². The van der Waals surface area contributed by atoms with E-state index in [1.54, 1.807) is 0 Å². The first kappa shape index (κ1) is 11.9. The number of nitrogens with one attached hydrogen (secondary N) is 1. The largest absolute Gasteiger partial charge is 0.393 e. The molecule has 19 heavy (non-hydrogen) atoms. The Morgan fingerprint density at radius 3 is 3.26 bits per heavy atom. The Kier molecular flexibility index (Phi) is 2.52. The summed E-state index contributed by atoms with van der Waals surface area (Å²) >= 11 is 0. The first-order valence-corrected chi connectivity index (χ1v) is 7.58. The van der Waals surface area contributed by atoms with Gasteiger partial charge in [0.1, 0.15) is 0 Å². The van der Waals surface area contributed by atoms with Gasteiger partial charge < -0.3 is 10.4 Å². The van der Waals surface area contributed by atoms with Crippen LogP contribution in [0.4, 0.5) is 0 Å². The number of aliphatic hydroxyl groups excluding tert-OH is 1. The highest BCUT2D eigenvalue weighted by atomic mass is 16.3. The zero-order valence-electron chi connectivity index (χ0n) is 11.5. The molecule has 4 rings (SSSR count). The molecule has 1 saturated carbocycles. The molecule has 3 nitrogen and oxygen atoms in total. The van der Waals surface area contributed by atoms with Crippen LogP contribution in [-0.2, 0) is 12.0 Å². The van der Waals surface area contributed by atoms with Crippen LogP contribution in [0.3, 0.4) is 0 Å². The maximum absolute atomic E-state index is 10.6. The fourth-order valence-electron chi connectivity index (χ4n) is 5.14. The lowest BCUT2D eigenvalue weighted by Crippen LogP contribution is -2.64. The topological polar surface area (TPSA) is 45.2 Å². The number of hydrogen-bond acceptors (Lipinski definition) is 3. The van der Waals surface area contributed by atoms with Crippen molar-refractivity contribution in [3.8, 4) is 0 Å². The van der Waals surface area contributed by atoms with Gasteiger partial charge in [-0.2, -0.15) is 0 Å². The smallest absolute Gasteiger partial charge is 0.0604 e. The number of nitrogens with zero attached hydrogens (tertiary/aromatic N) is 1. The van der Waals surface area contributed by atoms with Gasteiger partial charge in [0.05, 0.1) is 11.6 Å². The molecule has 0 unspecified atom stereocenters. The Morgan fingerprint density at radius 1 is 1.47 bits per heavy atom. The Morgan fingerprint density at radius 2 is 2.37 bits per heavy atom. The van der Waals surface area contributed by atoms with Crippen LogP contribution in [0.15, 0.2) is 18.3 Å². The Hall–Kier alpha value is -0.930. The van der Waals surface area contributed by atoms with Crippen molar-refractivity contribution >= 4 is 0 Å². The second kappa shape index (κ2) is 4.03. The number of piperidine rings is 1. The van der Waals surface area contributed by atoms with Crippen molar-refractivity contribution < 1.29 is 5.11 Å². The SMILES string of the molecule is C[C@@H]1C[C@@H]2Cc3ncccc3[C@@]3(C1)NCC[C@@H](O)[C@H]23. The second-order valence-electron chi connectivity index (χ2n) is 6.79. The lowest BCUT2D eigenvalue weighted by Gasteiger charge is -2.58. The molecule has 2 N–H and O–H groups in total. The molecule has 1 saturated heterocycles.